The Labute approximate surface area is 140 Å². The Morgan fingerprint density at radius 1 is 1.25 bits per heavy atom. The second kappa shape index (κ2) is 5.03. The smallest absolute Gasteiger partial charge is 0.338 e. The average Bonchev–Trinajstić information content (AvgIpc) is 3.20. The van der Waals surface area contributed by atoms with Gasteiger partial charge in [-0.25, -0.2) is 9.69 Å². The van der Waals surface area contributed by atoms with Crippen LogP contribution in [0.4, 0.5) is 5.69 Å². The number of amides is 2. The molecule has 1 aliphatic heterocycles. The van der Waals surface area contributed by atoms with Crippen molar-refractivity contribution < 1.29 is 19.1 Å². The van der Waals surface area contributed by atoms with Gasteiger partial charge in [-0.05, 0) is 56.4 Å². The summed E-state index contributed by atoms with van der Waals surface area (Å²) in [5.41, 5.74) is 0.303. The fourth-order valence-corrected chi connectivity index (χ4v) is 4.51. The van der Waals surface area contributed by atoms with Gasteiger partial charge in [-0.2, -0.15) is 0 Å². The average molecular weight is 325 g/mol. The summed E-state index contributed by atoms with van der Waals surface area (Å²) in [7, 11) is 0. The van der Waals surface area contributed by atoms with Crippen LogP contribution in [0, 0.1) is 23.2 Å². The van der Waals surface area contributed by atoms with Crippen molar-refractivity contribution in [3.8, 4) is 0 Å². The Balaban J connectivity index is 1.65. The lowest BCUT2D eigenvalue weighted by atomic mass is 9.71. The second-order valence-electron chi connectivity index (χ2n) is 6.90. The molecule has 1 aromatic rings. The van der Waals surface area contributed by atoms with Crippen LogP contribution in [0.15, 0.2) is 36.4 Å². The third-order valence-electron chi connectivity index (χ3n) is 5.75. The zero-order valence-electron chi connectivity index (χ0n) is 13.7. The number of fused-ring (bicyclic) bond motifs is 5. The number of ether oxygens (including phenoxy) is 1. The number of anilines is 1. The highest BCUT2D eigenvalue weighted by Crippen LogP contribution is 2.60. The van der Waals surface area contributed by atoms with E-state index in [-0.39, 0.29) is 29.6 Å². The van der Waals surface area contributed by atoms with E-state index < -0.39 is 11.4 Å². The first-order valence-electron chi connectivity index (χ1n) is 8.32. The largest absolute Gasteiger partial charge is 0.462 e. The molecule has 5 heteroatoms. The van der Waals surface area contributed by atoms with Gasteiger partial charge in [0.2, 0.25) is 11.8 Å². The van der Waals surface area contributed by atoms with Gasteiger partial charge in [0.05, 0.1) is 29.2 Å². The number of allylic oxidation sites excluding steroid dienone is 2. The van der Waals surface area contributed by atoms with E-state index in [1.54, 1.807) is 31.2 Å². The van der Waals surface area contributed by atoms with E-state index in [0.717, 1.165) is 6.42 Å². The number of carbonyl (C=O) groups excluding carboxylic acids is 3. The van der Waals surface area contributed by atoms with Crippen molar-refractivity contribution in [2.45, 2.75) is 20.3 Å². The molecule has 0 spiro atoms. The molecule has 24 heavy (non-hydrogen) atoms. The predicted octanol–water partition coefficient (Wildman–Crippen LogP) is 2.56. The Morgan fingerprint density at radius 2 is 1.96 bits per heavy atom. The number of hydrogen-bond donors (Lipinski definition) is 0. The first kappa shape index (κ1) is 15.1. The summed E-state index contributed by atoms with van der Waals surface area (Å²) in [6, 6.07) is 6.47. The second-order valence-corrected chi connectivity index (χ2v) is 6.90. The quantitative estimate of drug-likeness (QED) is 0.487. The molecule has 2 aliphatic carbocycles. The van der Waals surface area contributed by atoms with Gasteiger partial charge in [-0.1, -0.05) is 12.2 Å². The summed E-state index contributed by atoms with van der Waals surface area (Å²) in [4.78, 5) is 38.9. The highest BCUT2D eigenvalue weighted by atomic mass is 16.5. The molecule has 1 aromatic carbocycles. The van der Waals surface area contributed by atoms with Gasteiger partial charge < -0.3 is 4.74 Å². The molecule has 5 nitrogen and oxygen atoms in total. The topological polar surface area (TPSA) is 63.7 Å². The van der Waals surface area contributed by atoms with Crippen LogP contribution in [-0.2, 0) is 14.3 Å². The summed E-state index contributed by atoms with van der Waals surface area (Å²) in [6.45, 7) is 3.97. The van der Waals surface area contributed by atoms with Crippen LogP contribution >= 0.6 is 0 Å². The molecule has 3 aliphatic rings. The van der Waals surface area contributed by atoms with E-state index >= 15 is 0 Å². The van der Waals surface area contributed by atoms with Crippen LogP contribution in [0.25, 0.3) is 0 Å². The Kier molecular flexibility index (Phi) is 3.17. The highest BCUT2D eigenvalue weighted by molar-refractivity contribution is 6.24. The van der Waals surface area contributed by atoms with Gasteiger partial charge in [-0.15, -0.1) is 0 Å². The summed E-state index contributed by atoms with van der Waals surface area (Å²) >= 11 is 0. The van der Waals surface area contributed by atoms with Crippen LogP contribution < -0.4 is 4.90 Å². The van der Waals surface area contributed by atoms with Crippen molar-refractivity contribution in [1.82, 2.24) is 0 Å². The minimum absolute atomic E-state index is 0.122. The third kappa shape index (κ3) is 1.78. The molecule has 2 bridgehead atoms. The molecule has 1 saturated heterocycles. The van der Waals surface area contributed by atoms with E-state index in [1.165, 1.54) is 4.90 Å². The number of nitrogens with zero attached hydrogens (tertiary/aromatic N) is 1. The Morgan fingerprint density at radius 3 is 2.58 bits per heavy atom. The fourth-order valence-electron chi connectivity index (χ4n) is 4.51. The molecule has 1 heterocycles. The molecule has 0 unspecified atom stereocenters. The molecule has 1 saturated carbocycles. The lowest BCUT2D eigenvalue weighted by Crippen LogP contribution is -2.37. The molecule has 0 radical (unpaired) electrons. The molecular weight excluding hydrogens is 306 g/mol. The summed E-state index contributed by atoms with van der Waals surface area (Å²) in [5.74, 6) is -0.603. The lowest BCUT2D eigenvalue weighted by Gasteiger charge is -2.28. The van der Waals surface area contributed by atoms with Gasteiger partial charge >= 0.3 is 5.97 Å². The van der Waals surface area contributed by atoms with Crippen LogP contribution in [0.1, 0.15) is 30.6 Å². The van der Waals surface area contributed by atoms with Crippen molar-refractivity contribution in [3.05, 3.63) is 42.0 Å². The molecule has 0 aromatic heterocycles. The predicted molar refractivity (Wildman–Crippen MR) is 87.2 cm³/mol. The van der Waals surface area contributed by atoms with Gasteiger partial charge in [0, 0.05) is 0 Å². The maximum Gasteiger partial charge on any atom is 0.338 e. The van der Waals surface area contributed by atoms with Crippen LogP contribution in [-0.4, -0.2) is 24.4 Å². The summed E-state index contributed by atoms with van der Waals surface area (Å²) in [5, 5.41) is 0. The number of imide groups is 1. The van der Waals surface area contributed by atoms with Gasteiger partial charge in [0.15, 0.2) is 0 Å². The van der Waals surface area contributed by atoms with Crippen molar-refractivity contribution in [3.63, 3.8) is 0 Å². The number of hydrogen-bond acceptors (Lipinski definition) is 4. The molecule has 0 N–H and O–H groups in total. The van der Waals surface area contributed by atoms with Crippen LogP contribution in [0.2, 0.25) is 0 Å². The van der Waals surface area contributed by atoms with Crippen LogP contribution in [0.3, 0.4) is 0 Å². The molecule has 4 atom stereocenters. The van der Waals surface area contributed by atoms with Crippen LogP contribution in [0.5, 0.6) is 0 Å². The van der Waals surface area contributed by atoms with Gasteiger partial charge in [-0.3, -0.25) is 9.59 Å². The maximum absolute atomic E-state index is 13.0. The van der Waals surface area contributed by atoms with E-state index in [1.807, 2.05) is 6.92 Å². The van der Waals surface area contributed by atoms with Gasteiger partial charge in [0.25, 0.3) is 0 Å². The zero-order valence-corrected chi connectivity index (χ0v) is 13.7. The lowest BCUT2D eigenvalue weighted by molar-refractivity contribution is -0.127. The number of carbonyl (C=O) groups is 3. The first-order chi connectivity index (χ1) is 11.5. The SMILES string of the molecule is CCOC(=O)c1ccc(N2C(=O)[C@@H]3[C@H]4C=C[C@@H](C4)[C@]3(C)C2=O)cc1. The monoisotopic (exact) mass is 325 g/mol. The fraction of sp³-hybridized carbons (Fsp3) is 0.421. The van der Waals surface area contributed by atoms with E-state index in [4.69, 9.17) is 4.74 Å². The van der Waals surface area contributed by atoms with Crippen molar-refractivity contribution in [2.75, 3.05) is 11.5 Å². The first-order valence-corrected chi connectivity index (χ1v) is 8.32. The highest BCUT2D eigenvalue weighted by Gasteiger charge is 2.67. The standard InChI is InChI=1S/C19H19NO4/c1-3-24-17(22)11-5-8-14(9-6-11)20-16(21)15-12-4-7-13(10-12)19(15,2)18(20)23/h4-9,12-13,15H,3,10H2,1-2H3/t12-,13-,15-,19-/m0/s1. The molecule has 2 amide bonds. The van der Waals surface area contributed by atoms with E-state index in [2.05, 4.69) is 12.2 Å². The van der Waals surface area contributed by atoms with E-state index in [0.29, 0.717) is 17.9 Å². The van der Waals surface area contributed by atoms with E-state index in [9.17, 15) is 14.4 Å². The Hall–Kier alpha value is -2.43. The molecular formula is C19H19NO4. The van der Waals surface area contributed by atoms with Crippen molar-refractivity contribution >= 4 is 23.5 Å². The molecule has 124 valence electrons. The maximum atomic E-state index is 13.0. The van der Waals surface area contributed by atoms with Crippen molar-refractivity contribution in [1.29, 1.82) is 0 Å². The number of benzene rings is 1. The normalized spacial score (nSPS) is 33.2. The summed E-state index contributed by atoms with van der Waals surface area (Å²) < 4.78 is 4.95. The number of rotatable bonds is 3. The minimum Gasteiger partial charge on any atom is -0.462 e. The zero-order chi connectivity index (χ0) is 17.1. The molecule has 4 rings (SSSR count). The minimum atomic E-state index is -0.629. The van der Waals surface area contributed by atoms with Crippen molar-refractivity contribution in [2.24, 2.45) is 23.2 Å². The Bertz CT molecular complexity index is 766. The number of esters is 1. The molecule has 2 fully saturated rings. The van der Waals surface area contributed by atoms with Gasteiger partial charge in [0.1, 0.15) is 0 Å². The third-order valence-corrected chi connectivity index (χ3v) is 5.75. The summed E-state index contributed by atoms with van der Waals surface area (Å²) in [6.07, 6.45) is 5.06.